The van der Waals surface area contributed by atoms with E-state index in [0.29, 0.717) is 12.1 Å². The van der Waals surface area contributed by atoms with Crippen LogP contribution in [0, 0.1) is 27.2 Å². The maximum atomic E-state index is 13.6. The second-order valence-corrected chi connectivity index (χ2v) is 5.37. The molecule has 0 fully saturated rings. The van der Waals surface area contributed by atoms with Crippen LogP contribution in [0.4, 0.5) is 20.2 Å². The van der Waals surface area contributed by atoms with E-state index in [-0.39, 0.29) is 0 Å². The summed E-state index contributed by atoms with van der Waals surface area (Å²) >= 11 is 0. The minimum absolute atomic E-state index is 0.450. The van der Waals surface area contributed by atoms with Gasteiger partial charge in [0.05, 0.1) is 17.0 Å². The predicted molar refractivity (Wildman–Crippen MR) is 69.1 cm³/mol. The molecule has 1 aromatic carbocycles. The van der Waals surface area contributed by atoms with E-state index in [1.165, 1.54) is 0 Å². The number of halogens is 2. The second kappa shape index (κ2) is 5.49. The van der Waals surface area contributed by atoms with Gasteiger partial charge in [-0.25, -0.2) is 8.78 Å². The van der Waals surface area contributed by atoms with Crippen molar-refractivity contribution in [2.75, 3.05) is 5.32 Å². The average Bonchev–Trinajstić information content (AvgIpc) is 2.29. The minimum atomic E-state index is -1.23. The van der Waals surface area contributed by atoms with Crippen LogP contribution in [0.2, 0.25) is 0 Å². The average molecular weight is 287 g/mol. The highest BCUT2D eigenvalue weighted by Gasteiger charge is 2.30. The quantitative estimate of drug-likeness (QED) is 0.657. The Morgan fingerprint density at radius 1 is 1.40 bits per heavy atom. The Morgan fingerprint density at radius 2 is 1.95 bits per heavy atom. The molecule has 0 radical (unpaired) electrons. The number of nitro groups is 1. The number of hydrogen-bond acceptors (Lipinski definition) is 4. The third kappa shape index (κ3) is 3.47. The monoisotopic (exact) mass is 287 g/mol. The third-order valence-corrected chi connectivity index (χ3v) is 2.69. The molecule has 1 atom stereocenters. The molecule has 110 valence electrons. The molecule has 1 unspecified atom stereocenters. The highest BCUT2D eigenvalue weighted by molar-refractivity contribution is 5.97. The number of nitro benzene ring substituents is 1. The highest BCUT2D eigenvalue weighted by Crippen LogP contribution is 2.29. The lowest BCUT2D eigenvalue weighted by Gasteiger charge is -2.25. The van der Waals surface area contributed by atoms with Gasteiger partial charge in [-0.2, -0.15) is 0 Å². The maximum absolute atomic E-state index is 13.6. The number of benzene rings is 1. The van der Waals surface area contributed by atoms with Gasteiger partial charge in [-0.1, -0.05) is 20.8 Å². The van der Waals surface area contributed by atoms with Crippen molar-refractivity contribution in [2.45, 2.75) is 26.8 Å². The van der Waals surface area contributed by atoms with E-state index in [9.17, 15) is 23.7 Å². The number of nitrogens with zero attached hydrogens (tertiary/aromatic N) is 1. The van der Waals surface area contributed by atoms with Gasteiger partial charge in [-0.3, -0.25) is 14.9 Å². The van der Waals surface area contributed by atoms with Gasteiger partial charge in [0.15, 0.2) is 11.5 Å². The molecule has 1 amide bonds. The van der Waals surface area contributed by atoms with Crippen LogP contribution >= 0.6 is 0 Å². The first-order valence-corrected chi connectivity index (χ1v) is 5.74. The zero-order chi connectivity index (χ0) is 15.7. The van der Waals surface area contributed by atoms with Crippen molar-refractivity contribution < 1.29 is 18.5 Å². The summed E-state index contributed by atoms with van der Waals surface area (Å²) in [5.74, 6) is -3.12. The molecule has 20 heavy (non-hydrogen) atoms. The summed E-state index contributed by atoms with van der Waals surface area (Å²) in [6.45, 7) is 5.06. The lowest BCUT2D eigenvalue weighted by atomic mass is 9.87. The Labute approximate surface area is 114 Å². The molecule has 0 saturated heterocycles. The van der Waals surface area contributed by atoms with Crippen molar-refractivity contribution in [3.8, 4) is 0 Å². The number of anilines is 1. The molecule has 0 aliphatic heterocycles. The molecule has 0 bridgehead atoms. The van der Waals surface area contributed by atoms with E-state index >= 15 is 0 Å². The van der Waals surface area contributed by atoms with Gasteiger partial charge in [0.2, 0.25) is 5.91 Å². The van der Waals surface area contributed by atoms with E-state index in [0.717, 1.165) is 0 Å². The van der Waals surface area contributed by atoms with E-state index in [2.05, 4.69) is 0 Å². The molecular formula is C12H15F2N3O3. The Hall–Kier alpha value is -2.09. The fraction of sp³-hybridized carbons (Fsp3) is 0.417. The number of hydrogen-bond donors (Lipinski definition) is 2. The molecule has 0 heterocycles. The van der Waals surface area contributed by atoms with Crippen molar-refractivity contribution in [1.82, 2.24) is 0 Å². The standard InChI is InChI=1S/C12H15F2N3O3/c1-12(2,3)10(15)11(18)16-9-7(14)4-6(13)5-8(9)17(19)20/h4-5,10H,15H2,1-3H3,(H,16,18). The Balaban J connectivity index is 3.16. The van der Waals surface area contributed by atoms with Crippen LogP contribution in [0.15, 0.2) is 12.1 Å². The third-order valence-electron chi connectivity index (χ3n) is 2.69. The zero-order valence-electron chi connectivity index (χ0n) is 11.2. The smallest absolute Gasteiger partial charge is 0.298 e. The number of carbonyl (C=O) groups is 1. The van der Waals surface area contributed by atoms with Crippen LogP contribution in [-0.2, 0) is 4.79 Å². The fourth-order valence-corrected chi connectivity index (χ4v) is 1.42. The molecule has 8 heteroatoms. The van der Waals surface area contributed by atoms with Gasteiger partial charge in [-0.15, -0.1) is 0 Å². The lowest BCUT2D eigenvalue weighted by Crippen LogP contribution is -2.45. The lowest BCUT2D eigenvalue weighted by molar-refractivity contribution is -0.384. The Kier molecular flexibility index (Phi) is 4.39. The molecule has 3 N–H and O–H groups in total. The molecule has 0 spiro atoms. The first-order valence-electron chi connectivity index (χ1n) is 5.74. The number of carbonyl (C=O) groups excluding carboxylic acids is 1. The van der Waals surface area contributed by atoms with Gasteiger partial charge in [0, 0.05) is 6.07 Å². The molecule has 6 nitrogen and oxygen atoms in total. The molecular weight excluding hydrogens is 272 g/mol. The summed E-state index contributed by atoms with van der Waals surface area (Å²) in [5, 5.41) is 12.8. The molecule has 0 aliphatic rings. The SMILES string of the molecule is CC(C)(C)C(N)C(=O)Nc1c(F)cc(F)cc1[N+](=O)[O-]. The summed E-state index contributed by atoms with van der Waals surface area (Å²) < 4.78 is 26.6. The summed E-state index contributed by atoms with van der Waals surface area (Å²) in [5.41, 5.74) is 3.50. The molecule has 0 aromatic heterocycles. The largest absolute Gasteiger partial charge is 0.319 e. The first-order chi connectivity index (χ1) is 9.04. The van der Waals surface area contributed by atoms with Crippen molar-refractivity contribution in [1.29, 1.82) is 0 Å². The van der Waals surface area contributed by atoms with Crippen molar-refractivity contribution in [2.24, 2.45) is 11.1 Å². The van der Waals surface area contributed by atoms with E-state index in [1.807, 2.05) is 5.32 Å². The van der Waals surface area contributed by atoms with Crippen molar-refractivity contribution in [3.05, 3.63) is 33.9 Å². The fourth-order valence-electron chi connectivity index (χ4n) is 1.42. The molecule has 0 aliphatic carbocycles. The summed E-state index contributed by atoms with van der Waals surface area (Å²) in [4.78, 5) is 21.6. The minimum Gasteiger partial charge on any atom is -0.319 e. The van der Waals surface area contributed by atoms with Crippen LogP contribution in [0.25, 0.3) is 0 Å². The van der Waals surface area contributed by atoms with E-state index in [4.69, 9.17) is 5.73 Å². The second-order valence-electron chi connectivity index (χ2n) is 5.37. The first kappa shape index (κ1) is 16.0. The topological polar surface area (TPSA) is 98.3 Å². The normalized spacial score (nSPS) is 12.9. The van der Waals surface area contributed by atoms with E-state index in [1.54, 1.807) is 20.8 Å². The van der Waals surface area contributed by atoms with Crippen LogP contribution in [0.3, 0.4) is 0 Å². The van der Waals surface area contributed by atoms with Crippen LogP contribution in [-0.4, -0.2) is 16.9 Å². The molecule has 1 aromatic rings. The highest BCUT2D eigenvalue weighted by atomic mass is 19.1. The van der Waals surface area contributed by atoms with E-state index < -0.39 is 45.3 Å². The summed E-state index contributed by atoms with van der Waals surface area (Å²) in [6, 6.07) is -0.0291. The van der Waals surface area contributed by atoms with Gasteiger partial charge in [-0.05, 0) is 5.41 Å². The predicted octanol–water partition coefficient (Wildman–Crippen LogP) is 2.18. The number of rotatable bonds is 3. The van der Waals surface area contributed by atoms with Crippen LogP contribution in [0.1, 0.15) is 20.8 Å². The van der Waals surface area contributed by atoms with Crippen molar-refractivity contribution in [3.63, 3.8) is 0 Å². The van der Waals surface area contributed by atoms with Gasteiger partial charge >= 0.3 is 0 Å². The molecule has 1 rings (SSSR count). The Bertz CT molecular complexity index is 556. The van der Waals surface area contributed by atoms with Crippen LogP contribution in [0.5, 0.6) is 0 Å². The van der Waals surface area contributed by atoms with Gasteiger partial charge in [0.25, 0.3) is 5.69 Å². The maximum Gasteiger partial charge on any atom is 0.298 e. The van der Waals surface area contributed by atoms with Gasteiger partial charge < -0.3 is 11.1 Å². The van der Waals surface area contributed by atoms with Crippen molar-refractivity contribution >= 4 is 17.3 Å². The Morgan fingerprint density at radius 3 is 2.40 bits per heavy atom. The van der Waals surface area contributed by atoms with Crippen LogP contribution < -0.4 is 11.1 Å². The molecule has 0 saturated carbocycles. The summed E-state index contributed by atoms with van der Waals surface area (Å²) in [6.07, 6.45) is 0. The number of nitrogens with two attached hydrogens (primary N) is 1. The number of amides is 1. The summed E-state index contributed by atoms with van der Waals surface area (Å²) in [7, 11) is 0. The van der Waals surface area contributed by atoms with Gasteiger partial charge in [0.1, 0.15) is 5.82 Å². The zero-order valence-corrected chi connectivity index (χ0v) is 11.2. The number of nitrogens with one attached hydrogen (secondary N) is 1.